The van der Waals surface area contributed by atoms with E-state index >= 15 is 0 Å². The molecule has 0 aromatic heterocycles. The summed E-state index contributed by atoms with van der Waals surface area (Å²) < 4.78 is 1.15. The molecular weight excluding hydrogens is 310 g/mol. The van der Waals surface area contributed by atoms with Gasteiger partial charge in [-0.05, 0) is 54.7 Å². The average molecular weight is 338 g/mol. The second-order valence-electron chi connectivity index (χ2n) is 8.05. The van der Waals surface area contributed by atoms with E-state index in [2.05, 4.69) is 80.1 Å². The summed E-state index contributed by atoms with van der Waals surface area (Å²) in [7, 11) is 0. The van der Waals surface area contributed by atoms with Crippen molar-refractivity contribution in [3.63, 3.8) is 0 Å². The molecule has 0 bridgehead atoms. The standard InChI is InChI=1S/C18H28BrN/c1-13(14-6-8-15(19)9-7-14)20-16-10-17(2,3)12-18(4,5)11-16/h6-9,13,16,20H,10-12H2,1-5H3/t13-/m0/s1. The number of hydrogen-bond acceptors (Lipinski definition) is 1. The van der Waals surface area contributed by atoms with Crippen molar-refractivity contribution in [3.05, 3.63) is 34.3 Å². The Bertz CT molecular complexity index is 431. The Balaban J connectivity index is 2.03. The third kappa shape index (κ3) is 4.33. The van der Waals surface area contributed by atoms with Crippen LogP contribution in [-0.4, -0.2) is 6.04 Å². The molecule has 1 aliphatic carbocycles. The van der Waals surface area contributed by atoms with Gasteiger partial charge in [0.1, 0.15) is 0 Å². The van der Waals surface area contributed by atoms with Crippen LogP contribution in [0.15, 0.2) is 28.7 Å². The first-order valence-corrected chi connectivity index (χ1v) is 8.48. The van der Waals surface area contributed by atoms with Crippen LogP contribution in [0.2, 0.25) is 0 Å². The lowest BCUT2D eigenvalue weighted by molar-refractivity contribution is 0.0811. The minimum Gasteiger partial charge on any atom is -0.307 e. The molecule has 1 N–H and O–H groups in total. The van der Waals surface area contributed by atoms with E-state index in [0.717, 1.165) is 4.47 Å². The van der Waals surface area contributed by atoms with Gasteiger partial charge in [-0.1, -0.05) is 55.8 Å². The van der Waals surface area contributed by atoms with Crippen LogP contribution in [0, 0.1) is 10.8 Å². The molecule has 1 aromatic rings. The monoisotopic (exact) mass is 337 g/mol. The molecule has 0 heterocycles. The lowest BCUT2D eigenvalue weighted by atomic mass is 9.63. The fourth-order valence-corrected chi connectivity index (χ4v) is 4.43. The highest BCUT2D eigenvalue weighted by molar-refractivity contribution is 9.10. The van der Waals surface area contributed by atoms with Crippen LogP contribution in [0.3, 0.4) is 0 Å². The van der Waals surface area contributed by atoms with E-state index in [-0.39, 0.29) is 0 Å². The maximum Gasteiger partial charge on any atom is 0.0294 e. The van der Waals surface area contributed by atoms with Gasteiger partial charge in [-0.2, -0.15) is 0 Å². The van der Waals surface area contributed by atoms with Gasteiger partial charge in [0, 0.05) is 16.6 Å². The first-order valence-electron chi connectivity index (χ1n) is 7.68. The Kier molecular flexibility index (Phi) is 4.66. The number of rotatable bonds is 3. The minimum absolute atomic E-state index is 0.415. The topological polar surface area (TPSA) is 12.0 Å². The number of halogens is 1. The van der Waals surface area contributed by atoms with E-state index in [1.54, 1.807) is 0 Å². The third-order valence-corrected chi connectivity index (χ3v) is 4.94. The quantitative estimate of drug-likeness (QED) is 0.745. The molecule has 0 radical (unpaired) electrons. The summed E-state index contributed by atoms with van der Waals surface area (Å²) in [6.07, 6.45) is 3.87. The van der Waals surface area contributed by atoms with Crippen molar-refractivity contribution in [3.8, 4) is 0 Å². The van der Waals surface area contributed by atoms with E-state index in [9.17, 15) is 0 Å². The molecule has 2 rings (SSSR count). The Morgan fingerprint density at radius 2 is 1.55 bits per heavy atom. The molecule has 1 aromatic carbocycles. The van der Waals surface area contributed by atoms with Gasteiger partial charge in [0.15, 0.2) is 0 Å². The van der Waals surface area contributed by atoms with Crippen molar-refractivity contribution in [1.82, 2.24) is 5.32 Å². The second-order valence-corrected chi connectivity index (χ2v) is 8.97. The summed E-state index contributed by atoms with van der Waals surface area (Å²) in [5, 5.41) is 3.85. The second kappa shape index (κ2) is 5.81. The van der Waals surface area contributed by atoms with Gasteiger partial charge in [0.05, 0.1) is 0 Å². The van der Waals surface area contributed by atoms with Gasteiger partial charge in [-0.25, -0.2) is 0 Å². The van der Waals surface area contributed by atoms with Crippen LogP contribution in [0.25, 0.3) is 0 Å². The van der Waals surface area contributed by atoms with Crippen LogP contribution in [-0.2, 0) is 0 Å². The number of hydrogen-bond donors (Lipinski definition) is 1. The van der Waals surface area contributed by atoms with Gasteiger partial charge in [0.25, 0.3) is 0 Å². The van der Waals surface area contributed by atoms with E-state index < -0.39 is 0 Å². The zero-order valence-corrected chi connectivity index (χ0v) is 15.0. The summed E-state index contributed by atoms with van der Waals surface area (Å²) in [6.45, 7) is 11.9. The summed E-state index contributed by atoms with van der Waals surface area (Å²) >= 11 is 3.50. The van der Waals surface area contributed by atoms with E-state index in [1.807, 2.05) is 0 Å². The van der Waals surface area contributed by atoms with Crippen molar-refractivity contribution in [2.45, 2.75) is 66.0 Å². The van der Waals surface area contributed by atoms with Crippen molar-refractivity contribution < 1.29 is 0 Å². The molecule has 0 saturated heterocycles. The molecule has 1 saturated carbocycles. The van der Waals surface area contributed by atoms with Gasteiger partial charge in [-0.3, -0.25) is 0 Å². The van der Waals surface area contributed by atoms with Crippen molar-refractivity contribution in [2.24, 2.45) is 10.8 Å². The Hall–Kier alpha value is -0.340. The average Bonchev–Trinajstić information content (AvgIpc) is 2.25. The predicted octanol–water partition coefficient (Wildman–Crippen LogP) is 5.70. The van der Waals surface area contributed by atoms with Crippen LogP contribution in [0.5, 0.6) is 0 Å². The maximum atomic E-state index is 3.85. The molecule has 1 aliphatic rings. The first-order chi connectivity index (χ1) is 9.17. The lowest BCUT2D eigenvalue weighted by Gasteiger charge is -2.46. The molecule has 0 amide bonds. The highest BCUT2D eigenvalue weighted by Crippen LogP contribution is 2.46. The SMILES string of the molecule is C[C@H](NC1CC(C)(C)CC(C)(C)C1)c1ccc(Br)cc1. The van der Waals surface area contributed by atoms with Crippen molar-refractivity contribution >= 4 is 15.9 Å². The zero-order valence-electron chi connectivity index (χ0n) is 13.5. The fraction of sp³-hybridized carbons (Fsp3) is 0.667. The molecule has 2 heteroatoms. The molecule has 1 nitrogen and oxygen atoms in total. The van der Waals surface area contributed by atoms with E-state index in [1.165, 1.54) is 24.8 Å². The highest BCUT2D eigenvalue weighted by Gasteiger charge is 2.38. The van der Waals surface area contributed by atoms with Crippen LogP contribution in [0.4, 0.5) is 0 Å². The first kappa shape index (κ1) is 16.0. The van der Waals surface area contributed by atoms with E-state index in [4.69, 9.17) is 0 Å². The normalized spacial score (nSPS) is 23.5. The van der Waals surface area contributed by atoms with Crippen LogP contribution >= 0.6 is 15.9 Å². The summed E-state index contributed by atoms with van der Waals surface area (Å²) in [5.41, 5.74) is 2.26. The van der Waals surface area contributed by atoms with Crippen molar-refractivity contribution in [2.75, 3.05) is 0 Å². The van der Waals surface area contributed by atoms with Gasteiger partial charge in [0.2, 0.25) is 0 Å². The molecule has 1 atom stereocenters. The lowest BCUT2D eigenvalue weighted by Crippen LogP contribution is -2.44. The van der Waals surface area contributed by atoms with Gasteiger partial charge < -0.3 is 5.32 Å². The van der Waals surface area contributed by atoms with Gasteiger partial charge in [-0.15, -0.1) is 0 Å². The molecule has 112 valence electrons. The summed E-state index contributed by atoms with van der Waals surface area (Å²) in [5.74, 6) is 0. The molecule has 0 spiro atoms. The fourth-order valence-electron chi connectivity index (χ4n) is 4.17. The smallest absolute Gasteiger partial charge is 0.0294 e. The summed E-state index contributed by atoms with van der Waals surface area (Å²) in [4.78, 5) is 0. The number of benzene rings is 1. The summed E-state index contributed by atoms with van der Waals surface area (Å²) in [6, 6.07) is 9.71. The van der Waals surface area contributed by atoms with Crippen LogP contribution < -0.4 is 5.32 Å². The Morgan fingerprint density at radius 3 is 2.05 bits per heavy atom. The molecule has 1 fully saturated rings. The third-order valence-electron chi connectivity index (χ3n) is 4.41. The number of nitrogens with one attached hydrogen (secondary N) is 1. The molecular formula is C18H28BrN. The zero-order chi connectivity index (χ0) is 15.0. The Morgan fingerprint density at radius 1 is 1.05 bits per heavy atom. The van der Waals surface area contributed by atoms with Crippen molar-refractivity contribution in [1.29, 1.82) is 0 Å². The molecule has 0 aliphatic heterocycles. The highest BCUT2D eigenvalue weighted by atomic mass is 79.9. The molecule has 0 unspecified atom stereocenters. The largest absolute Gasteiger partial charge is 0.307 e. The van der Waals surface area contributed by atoms with Gasteiger partial charge >= 0.3 is 0 Å². The molecule has 20 heavy (non-hydrogen) atoms. The maximum absolute atomic E-state index is 3.85. The minimum atomic E-state index is 0.415. The predicted molar refractivity (Wildman–Crippen MR) is 90.9 cm³/mol. The van der Waals surface area contributed by atoms with Crippen LogP contribution in [0.1, 0.15) is 65.5 Å². The Labute approximate surface area is 132 Å². The van der Waals surface area contributed by atoms with E-state index in [0.29, 0.717) is 22.9 Å².